The highest BCUT2D eigenvalue weighted by atomic mass is 19.1. The monoisotopic (exact) mass is 737 g/mol. The molecule has 0 bridgehead atoms. The fourth-order valence-corrected chi connectivity index (χ4v) is 14.1. The first-order valence-electron chi connectivity index (χ1n) is 20.4. The van der Waals surface area contributed by atoms with E-state index >= 15 is 0 Å². The van der Waals surface area contributed by atoms with E-state index in [2.05, 4.69) is 53.4 Å². The number of rotatable bonds is 10. The third kappa shape index (κ3) is 6.78. The molecule has 0 spiro atoms. The van der Waals surface area contributed by atoms with Gasteiger partial charge in [0.05, 0.1) is 12.8 Å². The van der Waals surface area contributed by atoms with Crippen LogP contribution >= 0.6 is 0 Å². The number of carboxylic acids is 1. The number of halogens is 2. The zero-order valence-electron chi connectivity index (χ0n) is 33.6. The van der Waals surface area contributed by atoms with Crippen molar-refractivity contribution in [2.45, 2.75) is 152 Å². The molecule has 0 saturated heterocycles. The predicted molar refractivity (Wildman–Crippen MR) is 202 cm³/mol. The Balaban J connectivity index is 1.21. The van der Waals surface area contributed by atoms with Crippen molar-refractivity contribution in [1.82, 2.24) is 5.32 Å². The molecule has 5 aliphatic carbocycles. The Kier molecular flexibility index (Phi) is 10.4. The second kappa shape index (κ2) is 13.8. The maximum atomic E-state index is 14.4. The first-order valence-corrected chi connectivity index (χ1v) is 20.4. The summed E-state index contributed by atoms with van der Waals surface area (Å²) in [6.45, 7) is 22.7. The molecular formula is C45H65F2NO5. The number of aliphatic carboxylic acids is 1. The summed E-state index contributed by atoms with van der Waals surface area (Å²) in [5.74, 6) is -0.361. The third-order valence-corrected chi connectivity index (χ3v) is 16.7. The fourth-order valence-electron chi connectivity index (χ4n) is 14.1. The first kappa shape index (κ1) is 39.9. The van der Waals surface area contributed by atoms with E-state index < -0.39 is 23.0 Å². The summed E-state index contributed by atoms with van der Waals surface area (Å²) in [5, 5.41) is 12.3. The number of carbonyl (C=O) groups excluding carboxylic acids is 2. The molecule has 0 aromatic heterocycles. The van der Waals surface area contributed by atoms with Crippen LogP contribution < -0.4 is 5.32 Å². The van der Waals surface area contributed by atoms with E-state index in [0.29, 0.717) is 41.6 Å². The van der Waals surface area contributed by atoms with Crippen LogP contribution in [0.5, 0.6) is 0 Å². The molecule has 1 amide bonds. The minimum Gasteiger partial charge on any atom is -0.481 e. The molecule has 5 fully saturated rings. The summed E-state index contributed by atoms with van der Waals surface area (Å²) in [7, 11) is 0. The molecule has 1 aromatic carbocycles. The average molecular weight is 738 g/mol. The summed E-state index contributed by atoms with van der Waals surface area (Å²) >= 11 is 0. The molecule has 0 aliphatic heterocycles. The van der Waals surface area contributed by atoms with Crippen LogP contribution in [0.15, 0.2) is 30.4 Å². The van der Waals surface area contributed by atoms with Gasteiger partial charge in [0.1, 0.15) is 17.7 Å². The van der Waals surface area contributed by atoms with Gasteiger partial charge < -0.3 is 15.2 Å². The predicted octanol–water partition coefficient (Wildman–Crippen LogP) is 10.4. The maximum Gasteiger partial charge on any atom is 0.306 e. The number of ether oxygens (including phenoxy) is 1. The van der Waals surface area contributed by atoms with E-state index in [0.717, 1.165) is 70.3 Å². The molecule has 0 heterocycles. The zero-order chi connectivity index (χ0) is 38.9. The molecule has 53 heavy (non-hydrogen) atoms. The summed E-state index contributed by atoms with van der Waals surface area (Å²) in [5.41, 5.74) is 0.854. The van der Waals surface area contributed by atoms with Gasteiger partial charge in [0, 0.05) is 30.0 Å². The summed E-state index contributed by atoms with van der Waals surface area (Å²) in [6.07, 6.45) is 10.7. The highest BCUT2D eigenvalue weighted by Crippen LogP contribution is 2.78. The van der Waals surface area contributed by atoms with Gasteiger partial charge in [-0.3, -0.25) is 14.4 Å². The molecule has 8 heteroatoms. The minimum atomic E-state index is -0.904. The summed E-state index contributed by atoms with van der Waals surface area (Å²) in [4.78, 5) is 38.3. The lowest BCUT2D eigenvalue weighted by Gasteiger charge is -2.73. The molecule has 10 atom stereocenters. The van der Waals surface area contributed by atoms with Crippen LogP contribution in [0.3, 0.4) is 0 Å². The minimum absolute atomic E-state index is 0.0510. The van der Waals surface area contributed by atoms with Crippen molar-refractivity contribution >= 4 is 17.8 Å². The summed E-state index contributed by atoms with van der Waals surface area (Å²) < 4.78 is 34.2. The van der Waals surface area contributed by atoms with E-state index in [9.17, 15) is 28.3 Å². The Morgan fingerprint density at radius 2 is 1.62 bits per heavy atom. The molecule has 2 N–H and O–H groups in total. The Bertz CT molecular complexity index is 1640. The number of amides is 1. The standard InChI is InChI=1S/C45H65F2NO5/c1-27(2)30-14-19-45(23-36(49)48-26-28-10-11-29(46)22-32(28)47)21-20-43(8)31(39(30)45)12-13-34-42(7)17-16-35(41(5,6)33(42)15-18-44(34,43)9)53-38(52)25-40(3,4)24-37(50)51/h10-11,22,30-31,33-35,39H,1,12-21,23-26H2,2-9H3,(H,48,49)(H,50,51)/t30-,31+,33-,34+,35-,39+,42-,43+,44+,45+/m0/s1. The molecule has 0 unspecified atom stereocenters. The maximum absolute atomic E-state index is 14.4. The van der Waals surface area contributed by atoms with Crippen LogP contribution in [0.25, 0.3) is 0 Å². The van der Waals surface area contributed by atoms with Gasteiger partial charge in [0.2, 0.25) is 5.91 Å². The van der Waals surface area contributed by atoms with Gasteiger partial charge in [-0.25, -0.2) is 8.78 Å². The number of hydrogen-bond donors (Lipinski definition) is 2. The largest absolute Gasteiger partial charge is 0.481 e. The number of esters is 1. The van der Waals surface area contributed by atoms with E-state index in [1.807, 2.05) is 13.8 Å². The average Bonchev–Trinajstić information content (AvgIpc) is 3.41. The topological polar surface area (TPSA) is 92.7 Å². The molecule has 294 valence electrons. The highest BCUT2D eigenvalue weighted by Gasteiger charge is 2.71. The first-order chi connectivity index (χ1) is 24.6. The van der Waals surface area contributed by atoms with Gasteiger partial charge in [-0.05, 0) is 134 Å². The van der Waals surface area contributed by atoms with Gasteiger partial charge >= 0.3 is 11.9 Å². The molecule has 0 radical (unpaired) electrons. The number of nitrogens with one attached hydrogen (secondary N) is 1. The zero-order valence-corrected chi connectivity index (χ0v) is 33.6. The quantitative estimate of drug-likeness (QED) is 0.184. The van der Waals surface area contributed by atoms with E-state index in [4.69, 9.17) is 4.74 Å². The van der Waals surface area contributed by atoms with Gasteiger partial charge in [0.25, 0.3) is 0 Å². The van der Waals surface area contributed by atoms with Crippen molar-refractivity contribution in [1.29, 1.82) is 0 Å². The van der Waals surface area contributed by atoms with Gasteiger partial charge in [-0.15, -0.1) is 0 Å². The number of hydrogen-bond acceptors (Lipinski definition) is 4. The molecule has 5 saturated carbocycles. The molecule has 6 nitrogen and oxygen atoms in total. The Morgan fingerprint density at radius 3 is 2.28 bits per heavy atom. The number of benzene rings is 1. The molecule has 1 aromatic rings. The highest BCUT2D eigenvalue weighted by molar-refractivity contribution is 5.77. The fraction of sp³-hybridized carbons (Fsp3) is 0.756. The van der Waals surface area contributed by atoms with Gasteiger partial charge in [-0.2, -0.15) is 0 Å². The second-order valence-corrected chi connectivity index (χ2v) is 20.5. The second-order valence-electron chi connectivity index (χ2n) is 20.5. The van der Waals surface area contributed by atoms with Crippen molar-refractivity contribution in [3.8, 4) is 0 Å². The Hall–Kier alpha value is -2.77. The molecule has 5 aliphatic rings. The normalized spacial score (nSPS) is 38.8. The van der Waals surface area contributed by atoms with Crippen molar-refractivity contribution in [3.05, 3.63) is 47.5 Å². The van der Waals surface area contributed by atoms with Gasteiger partial charge in [0.15, 0.2) is 0 Å². The molecule has 6 rings (SSSR count). The van der Waals surface area contributed by atoms with Gasteiger partial charge in [-0.1, -0.05) is 66.7 Å². The van der Waals surface area contributed by atoms with Crippen LogP contribution in [-0.2, 0) is 25.7 Å². The van der Waals surface area contributed by atoms with Crippen LogP contribution in [0, 0.1) is 73.7 Å². The molecular weight excluding hydrogens is 672 g/mol. The third-order valence-electron chi connectivity index (χ3n) is 16.7. The van der Waals surface area contributed by atoms with Crippen molar-refractivity contribution in [2.24, 2.45) is 62.1 Å². The van der Waals surface area contributed by atoms with Crippen molar-refractivity contribution in [2.75, 3.05) is 0 Å². The van der Waals surface area contributed by atoms with Crippen molar-refractivity contribution in [3.63, 3.8) is 0 Å². The van der Waals surface area contributed by atoms with Crippen molar-refractivity contribution < 1.29 is 33.0 Å². The number of carbonyl (C=O) groups is 3. The van der Waals surface area contributed by atoms with E-state index in [1.54, 1.807) is 0 Å². The van der Waals surface area contributed by atoms with Crippen LogP contribution in [0.1, 0.15) is 144 Å². The van der Waals surface area contributed by atoms with E-state index in [1.165, 1.54) is 17.7 Å². The number of fused-ring (bicyclic) bond motifs is 7. The SMILES string of the molecule is C=C(C)[C@@H]1CC[C@]2(CC(=O)NCc3ccc(F)cc3F)CC[C@]3(C)[C@H](CC[C@@H]4[C@@]5(C)CC[C@H](OC(=O)CC(C)(C)CC(=O)O)C(C)(C)[C@@H]5CC[C@]43C)[C@@H]12. The lowest BCUT2D eigenvalue weighted by molar-refractivity contribution is -0.250. The smallest absolute Gasteiger partial charge is 0.306 e. The number of carboxylic acid groups (broad SMARTS) is 1. The lowest BCUT2D eigenvalue weighted by Crippen LogP contribution is -2.67. The van der Waals surface area contributed by atoms with Crippen LogP contribution in [0.4, 0.5) is 8.78 Å². The lowest BCUT2D eigenvalue weighted by atomic mass is 9.32. The summed E-state index contributed by atoms with van der Waals surface area (Å²) in [6, 6.07) is 3.51. The van der Waals surface area contributed by atoms with Crippen LogP contribution in [0.2, 0.25) is 0 Å². The Labute approximate surface area is 316 Å². The Morgan fingerprint density at radius 1 is 0.906 bits per heavy atom. The van der Waals surface area contributed by atoms with E-state index in [-0.39, 0.29) is 64.4 Å². The van der Waals surface area contributed by atoms with Crippen LogP contribution in [-0.4, -0.2) is 29.1 Å². The number of allylic oxidation sites excluding steroid dienone is 1.